The molecule has 1 aliphatic heterocycles. The zero-order valence-electron chi connectivity index (χ0n) is 17.0. The highest BCUT2D eigenvalue weighted by Crippen LogP contribution is 2.34. The lowest BCUT2D eigenvalue weighted by atomic mass is 9.93. The van der Waals surface area contributed by atoms with E-state index < -0.39 is 5.92 Å². The minimum absolute atomic E-state index is 0.135. The summed E-state index contributed by atoms with van der Waals surface area (Å²) in [5.41, 5.74) is 3.77. The number of carbonyl (C=O) groups excluding carboxylic acids is 1. The highest BCUT2D eigenvalue weighted by Gasteiger charge is 2.26. The van der Waals surface area contributed by atoms with Crippen LogP contribution in [0.15, 0.2) is 75.9 Å². The molecule has 1 atom stereocenters. The van der Waals surface area contributed by atoms with Gasteiger partial charge in [-0.3, -0.25) is 9.79 Å². The third kappa shape index (κ3) is 5.03. The Balaban J connectivity index is 1.62. The zero-order valence-corrected chi connectivity index (χ0v) is 17.9. The van der Waals surface area contributed by atoms with E-state index in [1.165, 1.54) is 23.9 Å². The fraction of sp³-hybridized carbons (Fsp3) is 0.174. The number of fused-ring (bicyclic) bond motifs is 1. The van der Waals surface area contributed by atoms with E-state index in [0.29, 0.717) is 16.7 Å². The number of amides is 1. The van der Waals surface area contributed by atoms with Gasteiger partial charge in [0.25, 0.3) is 0 Å². The molecule has 31 heavy (non-hydrogen) atoms. The van der Waals surface area contributed by atoms with Crippen LogP contribution in [0.3, 0.4) is 0 Å². The van der Waals surface area contributed by atoms with Crippen molar-refractivity contribution in [3.63, 3.8) is 0 Å². The Hall–Kier alpha value is -3.39. The number of halogens is 1. The first kappa shape index (κ1) is 20.9. The van der Waals surface area contributed by atoms with Gasteiger partial charge >= 0.3 is 0 Å². The summed E-state index contributed by atoms with van der Waals surface area (Å²) in [6, 6.07) is 15.4. The number of aliphatic imine (C=N–C) groups is 2. The number of benzene rings is 2. The molecule has 0 fully saturated rings. The van der Waals surface area contributed by atoms with Crippen molar-refractivity contribution in [2.24, 2.45) is 9.98 Å². The number of rotatable bonds is 4. The maximum Gasteiger partial charge on any atom is 0.235 e. The van der Waals surface area contributed by atoms with Gasteiger partial charge < -0.3 is 5.32 Å². The summed E-state index contributed by atoms with van der Waals surface area (Å²) in [6.45, 7) is 3.76. The van der Waals surface area contributed by atoms with Crippen LogP contribution >= 0.6 is 11.8 Å². The van der Waals surface area contributed by atoms with Crippen LogP contribution in [0.4, 0.5) is 15.8 Å². The standard InChI is InChI=1S/C23H20FN5OS/c1-14-11-12-25-23(26-14)31-13-20(30)29-22-21(16-7-9-17(24)10-8-16)15(2)27-18-5-3-4-6-19(18)28-22/h3-12,21H,13H2,1-2H3,(H,28,29,30)/t21-/m0/s1. The number of aryl methyl sites for hydroxylation is 1. The lowest BCUT2D eigenvalue weighted by molar-refractivity contribution is -0.117. The van der Waals surface area contributed by atoms with E-state index in [2.05, 4.69) is 15.3 Å². The molecule has 1 aliphatic rings. The number of nitrogens with zero attached hydrogens (tertiary/aromatic N) is 4. The number of nitrogens with one attached hydrogen (secondary N) is 1. The summed E-state index contributed by atoms with van der Waals surface area (Å²) in [7, 11) is 0. The number of aromatic nitrogens is 2. The number of para-hydroxylation sites is 2. The Morgan fingerprint density at radius 1 is 1.03 bits per heavy atom. The van der Waals surface area contributed by atoms with Gasteiger partial charge in [-0.15, -0.1) is 0 Å². The Morgan fingerprint density at radius 2 is 1.74 bits per heavy atom. The Labute approximate surface area is 183 Å². The monoisotopic (exact) mass is 433 g/mol. The molecule has 1 aromatic heterocycles. The van der Waals surface area contributed by atoms with Gasteiger partial charge in [0.05, 0.1) is 23.0 Å². The zero-order chi connectivity index (χ0) is 21.8. The van der Waals surface area contributed by atoms with Crippen LogP contribution in [0, 0.1) is 12.7 Å². The molecular formula is C23H20FN5OS. The van der Waals surface area contributed by atoms with Gasteiger partial charge in [0.15, 0.2) is 5.16 Å². The van der Waals surface area contributed by atoms with Crippen molar-refractivity contribution in [3.05, 3.63) is 77.9 Å². The Bertz CT molecular complexity index is 1180. The van der Waals surface area contributed by atoms with E-state index in [9.17, 15) is 9.18 Å². The smallest absolute Gasteiger partial charge is 0.235 e. The van der Waals surface area contributed by atoms with Crippen molar-refractivity contribution in [3.8, 4) is 0 Å². The largest absolute Gasteiger partial charge is 0.313 e. The van der Waals surface area contributed by atoms with E-state index in [-0.39, 0.29) is 17.5 Å². The van der Waals surface area contributed by atoms with Crippen LogP contribution in [0.2, 0.25) is 0 Å². The molecule has 156 valence electrons. The summed E-state index contributed by atoms with van der Waals surface area (Å²) < 4.78 is 13.5. The van der Waals surface area contributed by atoms with Crippen LogP contribution in [-0.2, 0) is 4.79 Å². The van der Waals surface area contributed by atoms with Crippen LogP contribution in [0.1, 0.15) is 24.1 Å². The second kappa shape index (κ2) is 9.18. The summed E-state index contributed by atoms with van der Waals surface area (Å²) in [6.07, 6.45) is 1.67. The van der Waals surface area contributed by atoms with E-state index in [4.69, 9.17) is 9.98 Å². The van der Waals surface area contributed by atoms with E-state index in [1.807, 2.05) is 38.1 Å². The van der Waals surface area contributed by atoms with Gasteiger partial charge in [-0.05, 0) is 49.7 Å². The maximum absolute atomic E-state index is 13.5. The van der Waals surface area contributed by atoms with Gasteiger partial charge in [-0.2, -0.15) is 0 Å². The van der Waals surface area contributed by atoms with Gasteiger partial charge in [0.1, 0.15) is 11.7 Å². The molecule has 0 radical (unpaired) electrons. The molecule has 2 heterocycles. The first-order valence-electron chi connectivity index (χ1n) is 9.70. The molecule has 3 aromatic rings. The third-order valence-corrected chi connectivity index (χ3v) is 5.55. The highest BCUT2D eigenvalue weighted by atomic mass is 32.2. The lowest BCUT2D eigenvalue weighted by Crippen LogP contribution is -2.38. The SMILES string of the molecule is CC1=Nc2ccccc2N=C(NC(=O)CSc2nccc(C)n2)[C@@H]1c1ccc(F)cc1. The molecule has 2 aromatic carbocycles. The van der Waals surface area contributed by atoms with Crippen molar-refractivity contribution < 1.29 is 9.18 Å². The predicted octanol–water partition coefficient (Wildman–Crippen LogP) is 4.75. The quantitative estimate of drug-likeness (QED) is 0.476. The van der Waals surface area contributed by atoms with Crippen LogP contribution in [-0.4, -0.2) is 33.2 Å². The third-order valence-electron chi connectivity index (χ3n) is 4.69. The molecule has 8 heteroatoms. The molecule has 6 nitrogen and oxygen atoms in total. The Morgan fingerprint density at radius 3 is 2.45 bits per heavy atom. The second-order valence-corrected chi connectivity index (χ2v) is 7.98. The van der Waals surface area contributed by atoms with Gasteiger partial charge in [0.2, 0.25) is 5.91 Å². The van der Waals surface area contributed by atoms with Crippen LogP contribution in [0.25, 0.3) is 0 Å². The number of hydrogen-bond acceptors (Lipinski definition) is 6. The van der Waals surface area contributed by atoms with Crippen LogP contribution in [0.5, 0.6) is 0 Å². The van der Waals surface area contributed by atoms with Crippen molar-refractivity contribution in [2.45, 2.75) is 24.9 Å². The van der Waals surface area contributed by atoms with Crippen LogP contribution < -0.4 is 5.32 Å². The first-order chi connectivity index (χ1) is 15.0. The number of carbonyl (C=O) groups is 1. The van der Waals surface area contributed by atoms with Gasteiger partial charge in [0, 0.05) is 17.6 Å². The minimum Gasteiger partial charge on any atom is -0.313 e. The molecule has 1 N–H and O–H groups in total. The van der Waals surface area contributed by atoms with Crippen molar-refractivity contribution in [1.29, 1.82) is 0 Å². The average Bonchev–Trinajstić information content (AvgIpc) is 2.88. The summed E-state index contributed by atoms with van der Waals surface area (Å²) in [5.74, 6) is -0.373. The summed E-state index contributed by atoms with van der Waals surface area (Å²) >= 11 is 1.25. The molecule has 0 aliphatic carbocycles. The van der Waals surface area contributed by atoms with E-state index in [0.717, 1.165) is 22.7 Å². The molecule has 0 bridgehead atoms. The van der Waals surface area contributed by atoms with Crippen molar-refractivity contribution in [1.82, 2.24) is 15.3 Å². The topological polar surface area (TPSA) is 79.6 Å². The molecule has 0 saturated heterocycles. The van der Waals surface area contributed by atoms with Gasteiger partial charge in [-0.25, -0.2) is 19.4 Å². The fourth-order valence-corrected chi connectivity index (χ4v) is 3.94. The average molecular weight is 434 g/mol. The first-order valence-corrected chi connectivity index (χ1v) is 10.7. The van der Waals surface area contributed by atoms with E-state index >= 15 is 0 Å². The minimum atomic E-state index is -0.405. The number of thioether (sulfide) groups is 1. The fourth-order valence-electron chi connectivity index (χ4n) is 3.26. The van der Waals surface area contributed by atoms with Crippen molar-refractivity contribution in [2.75, 3.05) is 5.75 Å². The molecule has 0 unspecified atom stereocenters. The molecular weight excluding hydrogens is 413 g/mol. The number of hydrogen-bond donors (Lipinski definition) is 1. The molecule has 4 rings (SSSR count). The normalized spacial score (nSPS) is 15.4. The molecule has 1 amide bonds. The molecule has 0 spiro atoms. The molecule has 0 saturated carbocycles. The highest BCUT2D eigenvalue weighted by molar-refractivity contribution is 7.99. The number of amidine groups is 1. The Kier molecular flexibility index (Phi) is 6.18. The predicted molar refractivity (Wildman–Crippen MR) is 121 cm³/mol. The maximum atomic E-state index is 13.5. The van der Waals surface area contributed by atoms with Crippen molar-refractivity contribution >= 4 is 40.6 Å². The summed E-state index contributed by atoms with van der Waals surface area (Å²) in [4.78, 5) is 30.7. The van der Waals surface area contributed by atoms with Gasteiger partial charge in [-0.1, -0.05) is 36.0 Å². The summed E-state index contributed by atoms with van der Waals surface area (Å²) in [5, 5.41) is 3.48. The lowest BCUT2D eigenvalue weighted by Gasteiger charge is -2.19. The van der Waals surface area contributed by atoms with E-state index in [1.54, 1.807) is 24.4 Å². The second-order valence-electron chi connectivity index (χ2n) is 7.04.